The highest BCUT2D eigenvalue weighted by molar-refractivity contribution is 14.1. The quantitative estimate of drug-likeness (QED) is 0.122. The summed E-state index contributed by atoms with van der Waals surface area (Å²) in [6.07, 6.45) is 1.46. The van der Waals surface area contributed by atoms with Crippen molar-refractivity contribution in [2.45, 2.75) is 0 Å². The largest absolute Gasteiger partial charge is 0.493 e. The van der Waals surface area contributed by atoms with Gasteiger partial charge in [0.1, 0.15) is 11.6 Å². The number of benzene rings is 3. The van der Waals surface area contributed by atoms with E-state index in [1.165, 1.54) is 13.2 Å². The van der Waals surface area contributed by atoms with Crippen LogP contribution in [0.15, 0.2) is 72.3 Å². The van der Waals surface area contributed by atoms with E-state index in [-0.39, 0.29) is 11.3 Å². The Morgan fingerprint density at radius 1 is 1.03 bits per heavy atom. The zero-order chi connectivity index (χ0) is 23.1. The first kappa shape index (κ1) is 23.7. The van der Waals surface area contributed by atoms with E-state index < -0.39 is 11.9 Å². The van der Waals surface area contributed by atoms with Gasteiger partial charge in [0.15, 0.2) is 11.5 Å². The van der Waals surface area contributed by atoms with Gasteiger partial charge >= 0.3 is 5.97 Å². The molecule has 0 fully saturated rings. The van der Waals surface area contributed by atoms with Crippen LogP contribution in [0.5, 0.6) is 11.5 Å². The van der Waals surface area contributed by atoms with Crippen molar-refractivity contribution in [2.75, 3.05) is 12.4 Å². The predicted molar refractivity (Wildman–Crippen MR) is 138 cm³/mol. The molecule has 3 aromatic rings. The van der Waals surface area contributed by atoms with E-state index in [1.54, 1.807) is 48.5 Å². The van der Waals surface area contributed by atoms with Crippen LogP contribution in [0.1, 0.15) is 15.9 Å². The van der Waals surface area contributed by atoms with Crippen LogP contribution in [-0.2, 0) is 4.79 Å². The highest BCUT2D eigenvalue weighted by Gasteiger charge is 2.17. The van der Waals surface area contributed by atoms with Crippen molar-refractivity contribution in [3.05, 3.63) is 90.6 Å². The molecule has 0 radical (unpaired) electrons. The standard InChI is InChI=1S/C24H16I2N2O4/c1-31-21-12-15(10-17(14-27)23(29)28-19-9-5-8-18(25)13-19)11-20(26)22(21)32-24(30)16-6-3-2-4-7-16/h2-13H,1H3,(H,28,29)/b17-10+. The first-order valence-electron chi connectivity index (χ1n) is 9.24. The van der Waals surface area contributed by atoms with Crippen LogP contribution in [0.3, 0.4) is 0 Å². The second-order valence-electron chi connectivity index (χ2n) is 6.42. The number of carbonyl (C=O) groups excluding carboxylic acids is 2. The van der Waals surface area contributed by atoms with E-state index in [0.29, 0.717) is 26.1 Å². The highest BCUT2D eigenvalue weighted by atomic mass is 127. The maximum Gasteiger partial charge on any atom is 0.343 e. The Morgan fingerprint density at radius 3 is 2.44 bits per heavy atom. The molecule has 160 valence electrons. The lowest BCUT2D eigenvalue weighted by atomic mass is 10.1. The third kappa shape index (κ3) is 6.08. The molecule has 3 aromatic carbocycles. The SMILES string of the molecule is COc1cc(/C=C(\C#N)C(=O)Nc2cccc(I)c2)cc(I)c1OC(=O)c1ccccc1. The molecule has 0 spiro atoms. The van der Waals surface area contributed by atoms with E-state index in [9.17, 15) is 14.9 Å². The zero-order valence-corrected chi connectivity index (χ0v) is 21.1. The smallest absolute Gasteiger partial charge is 0.343 e. The maximum absolute atomic E-state index is 12.6. The minimum absolute atomic E-state index is 0.0734. The first-order chi connectivity index (χ1) is 15.4. The summed E-state index contributed by atoms with van der Waals surface area (Å²) in [6, 6.07) is 21.1. The van der Waals surface area contributed by atoms with Gasteiger partial charge in [0.05, 0.1) is 16.2 Å². The maximum atomic E-state index is 12.6. The van der Waals surface area contributed by atoms with Gasteiger partial charge in [-0.15, -0.1) is 0 Å². The van der Waals surface area contributed by atoms with Gasteiger partial charge in [-0.3, -0.25) is 4.79 Å². The van der Waals surface area contributed by atoms with Crippen molar-refractivity contribution < 1.29 is 19.1 Å². The molecule has 1 N–H and O–H groups in total. The molecule has 1 amide bonds. The van der Waals surface area contributed by atoms with Crippen LogP contribution in [0.4, 0.5) is 5.69 Å². The molecule has 3 rings (SSSR count). The number of carbonyl (C=O) groups is 2. The molecule has 0 atom stereocenters. The fraction of sp³-hybridized carbons (Fsp3) is 0.0417. The molecule has 0 saturated carbocycles. The van der Waals surface area contributed by atoms with Crippen molar-refractivity contribution in [3.8, 4) is 17.6 Å². The van der Waals surface area contributed by atoms with Gasteiger partial charge < -0.3 is 14.8 Å². The Bertz CT molecular complexity index is 1230. The van der Waals surface area contributed by atoms with Gasteiger partial charge in [0.2, 0.25) is 0 Å². The monoisotopic (exact) mass is 650 g/mol. The number of ether oxygens (including phenoxy) is 2. The molecule has 0 aromatic heterocycles. The minimum atomic E-state index is -0.525. The number of hydrogen-bond donors (Lipinski definition) is 1. The Balaban J connectivity index is 1.86. The third-order valence-electron chi connectivity index (χ3n) is 4.21. The number of halogens is 2. The summed E-state index contributed by atoms with van der Waals surface area (Å²) in [5.41, 5.74) is 1.49. The lowest BCUT2D eigenvalue weighted by molar-refractivity contribution is -0.112. The summed E-state index contributed by atoms with van der Waals surface area (Å²) < 4.78 is 12.5. The normalized spacial score (nSPS) is 10.8. The number of rotatable bonds is 6. The van der Waals surface area contributed by atoms with Crippen LogP contribution in [0.25, 0.3) is 6.08 Å². The minimum Gasteiger partial charge on any atom is -0.493 e. The number of nitrogens with zero attached hydrogens (tertiary/aromatic N) is 1. The van der Waals surface area contributed by atoms with E-state index >= 15 is 0 Å². The number of anilines is 1. The summed E-state index contributed by atoms with van der Waals surface area (Å²) in [7, 11) is 1.45. The number of amides is 1. The van der Waals surface area contributed by atoms with Crippen LogP contribution in [-0.4, -0.2) is 19.0 Å². The Labute approximate surface area is 212 Å². The lowest BCUT2D eigenvalue weighted by Gasteiger charge is -2.12. The molecule has 0 heterocycles. The van der Waals surface area contributed by atoms with Gasteiger partial charge in [-0.2, -0.15) is 5.26 Å². The van der Waals surface area contributed by atoms with Crippen molar-refractivity contribution in [1.82, 2.24) is 0 Å². The molecule has 0 aliphatic rings. The van der Waals surface area contributed by atoms with Gasteiger partial charge in [-0.1, -0.05) is 24.3 Å². The molecule has 32 heavy (non-hydrogen) atoms. The number of methoxy groups -OCH3 is 1. The van der Waals surface area contributed by atoms with Crippen LogP contribution in [0, 0.1) is 18.5 Å². The third-order valence-corrected chi connectivity index (χ3v) is 5.69. The summed E-state index contributed by atoms with van der Waals surface area (Å²) in [4.78, 5) is 25.0. The fourth-order valence-electron chi connectivity index (χ4n) is 2.73. The number of nitriles is 1. The molecule has 0 saturated heterocycles. The summed E-state index contributed by atoms with van der Waals surface area (Å²) in [5.74, 6) is -0.466. The zero-order valence-electron chi connectivity index (χ0n) is 16.8. The molecule has 0 aliphatic heterocycles. The van der Waals surface area contributed by atoms with E-state index in [0.717, 1.165) is 3.57 Å². The Kier molecular flexibility index (Phi) is 8.24. The summed E-state index contributed by atoms with van der Waals surface area (Å²) in [5, 5.41) is 12.2. The van der Waals surface area contributed by atoms with Crippen molar-refractivity contribution in [2.24, 2.45) is 0 Å². The van der Waals surface area contributed by atoms with Crippen molar-refractivity contribution in [1.29, 1.82) is 5.26 Å². The molecular weight excluding hydrogens is 634 g/mol. The Hall–Kier alpha value is -2.91. The van der Waals surface area contributed by atoms with Crippen LogP contribution < -0.4 is 14.8 Å². The summed E-state index contributed by atoms with van der Waals surface area (Å²) >= 11 is 4.16. The van der Waals surface area contributed by atoms with Crippen LogP contribution in [0.2, 0.25) is 0 Å². The Morgan fingerprint density at radius 2 is 1.78 bits per heavy atom. The predicted octanol–water partition coefficient (Wildman–Crippen LogP) is 5.67. The average Bonchev–Trinajstić information content (AvgIpc) is 2.79. The van der Waals surface area contributed by atoms with Crippen LogP contribution >= 0.6 is 45.2 Å². The van der Waals surface area contributed by atoms with Gasteiger partial charge in [-0.25, -0.2) is 4.79 Å². The van der Waals surface area contributed by atoms with E-state index in [2.05, 4.69) is 27.9 Å². The highest BCUT2D eigenvalue weighted by Crippen LogP contribution is 2.35. The van der Waals surface area contributed by atoms with E-state index in [1.807, 2.05) is 46.9 Å². The molecular formula is C24H16I2N2O4. The van der Waals surface area contributed by atoms with Gasteiger partial charge in [0.25, 0.3) is 5.91 Å². The second kappa shape index (κ2) is 11.1. The van der Waals surface area contributed by atoms with E-state index in [4.69, 9.17) is 9.47 Å². The molecule has 6 nitrogen and oxygen atoms in total. The fourth-order valence-corrected chi connectivity index (χ4v) is 4.01. The molecule has 0 bridgehead atoms. The number of esters is 1. The topological polar surface area (TPSA) is 88.4 Å². The molecule has 0 unspecified atom stereocenters. The average molecular weight is 650 g/mol. The van der Waals surface area contributed by atoms with Crippen molar-refractivity contribution >= 4 is 68.8 Å². The van der Waals surface area contributed by atoms with Crippen molar-refractivity contribution in [3.63, 3.8) is 0 Å². The number of hydrogen-bond acceptors (Lipinski definition) is 5. The molecule has 0 aliphatic carbocycles. The van der Waals surface area contributed by atoms with Gasteiger partial charge in [-0.05, 0) is 99.3 Å². The first-order valence-corrected chi connectivity index (χ1v) is 11.4. The molecule has 8 heteroatoms. The van der Waals surface area contributed by atoms with Gasteiger partial charge in [0, 0.05) is 9.26 Å². The second-order valence-corrected chi connectivity index (χ2v) is 8.83. The lowest BCUT2D eigenvalue weighted by Crippen LogP contribution is -2.13. The number of nitrogens with one attached hydrogen (secondary N) is 1. The summed E-state index contributed by atoms with van der Waals surface area (Å²) in [6.45, 7) is 0.